The van der Waals surface area contributed by atoms with Gasteiger partial charge in [-0.05, 0) is 47.9 Å². The number of thiophene rings is 1. The van der Waals surface area contributed by atoms with E-state index in [0.717, 1.165) is 9.56 Å². The summed E-state index contributed by atoms with van der Waals surface area (Å²) in [6.45, 7) is 0. The van der Waals surface area contributed by atoms with Crippen LogP contribution in [-0.4, -0.2) is 28.0 Å². The number of carboxylic acids is 1. The second kappa shape index (κ2) is 7.68. The smallest absolute Gasteiger partial charge is 0.357 e. The third-order valence-electron chi connectivity index (χ3n) is 3.72. The number of carboxylic acid groups (broad SMARTS) is 1. The van der Waals surface area contributed by atoms with Crippen LogP contribution >= 0.6 is 11.3 Å². The second-order valence-corrected chi connectivity index (χ2v) is 6.30. The molecule has 0 saturated carbocycles. The molecule has 3 rings (SSSR count). The van der Waals surface area contributed by atoms with Gasteiger partial charge in [0.05, 0.1) is 12.8 Å². The van der Waals surface area contributed by atoms with Crippen molar-refractivity contribution in [3.63, 3.8) is 0 Å². The molecule has 0 bridgehead atoms. The molecular formula is C19H13N3O4S. The van der Waals surface area contributed by atoms with E-state index in [1.165, 1.54) is 24.5 Å². The molecule has 0 aliphatic carbocycles. The lowest BCUT2D eigenvalue weighted by atomic mass is 10.1. The van der Waals surface area contributed by atoms with Gasteiger partial charge in [0.1, 0.15) is 17.4 Å². The van der Waals surface area contributed by atoms with Crippen LogP contribution in [0.4, 0.5) is 0 Å². The van der Waals surface area contributed by atoms with Gasteiger partial charge in [0, 0.05) is 10.4 Å². The van der Waals surface area contributed by atoms with E-state index in [9.17, 15) is 20.0 Å². The standard InChI is InChI=1S/C19H13N3O4S/c1-26-13-6-4-12(5-7-13)22-18(23)16(11-20)15(17(21-22)19(24)25)9-8-14-3-2-10-27-14/h2-10H,1H3,(H,24,25)/b9-8+. The molecule has 2 heterocycles. The van der Waals surface area contributed by atoms with E-state index < -0.39 is 11.5 Å². The normalized spacial score (nSPS) is 10.7. The molecule has 27 heavy (non-hydrogen) atoms. The predicted molar refractivity (Wildman–Crippen MR) is 101 cm³/mol. The number of carbonyl (C=O) groups is 1. The third-order valence-corrected chi connectivity index (χ3v) is 4.56. The minimum Gasteiger partial charge on any atom is -0.497 e. The van der Waals surface area contributed by atoms with Gasteiger partial charge in [-0.25, -0.2) is 4.79 Å². The Morgan fingerprint density at radius 3 is 2.59 bits per heavy atom. The van der Waals surface area contributed by atoms with Gasteiger partial charge in [-0.1, -0.05) is 6.07 Å². The summed E-state index contributed by atoms with van der Waals surface area (Å²) in [6.07, 6.45) is 3.08. The molecule has 0 saturated heterocycles. The molecule has 3 aromatic rings. The highest BCUT2D eigenvalue weighted by molar-refractivity contribution is 7.10. The number of ether oxygens (including phenoxy) is 1. The first-order valence-electron chi connectivity index (χ1n) is 7.72. The van der Waals surface area contributed by atoms with Gasteiger partial charge >= 0.3 is 5.97 Å². The summed E-state index contributed by atoms with van der Waals surface area (Å²) < 4.78 is 5.97. The maximum absolute atomic E-state index is 12.7. The van der Waals surface area contributed by atoms with Gasteiger partial charge in [0.2, 0.25) is 0 Å². The highest BCUT2D eigenvalue weighted by Crippen LogP contribution is 2.19. The second-order valence-electron chi connectivity index (χ2n) is 5.32. The zero-order valence-corrected chi connectivity index (χ0v) is 14.9. The zero-order valence-electron chi connectivity index (χ0n) is 14.1. The Morgan fingerprint density at radius 2 is 2.04 bits per heavy atom. The Hall–Kier alpha value is -3.70. The molecule has 134 valence electrons. The highest BCUT2D eigenvalue weighted by atomic mass is 32.1. The molecule has 0 unspecified atom stereocenters. The van der Waals surface area contributed by atoms with Crippen molar-refractivity contribution in [2.75, 3.05) is 7.11 Å². The molecule has 1 aromatic carbocycles. The predicted octanol–water partition coefficient (Wildman–Crippen LogP) is 3.04. The lowest BCUT2D eigenvalue weighted by molar-refractivity contribution is 0.0688. The van der Waals surface area contributed by atoms with Crippen LogP contribution in [0, 0.1) is 11.3 Å². The summed E-state index contributed by atoms with van der Waals surface area (Å²) in [4.78, 5) is 25.3. The molecule has 0 aliphatic heterocycles. The first-order chi connectivity index (χ1) is 13.0. The van der Waals surface area contributed by atoms with E-state index in [0.29, 0.717) is 11.4 Å². The topological polar surface area (TPSA) is 105 Å². The van der Waals surface area contributed by atoms with Gasteiger partial charge in [0.25, 0.3) is 5.56 Å². The van der Waals surface area contributed by atoms with E-state index in [4.69, 9.17) is 4.74 Å². The molecular weight excluding hydrogens is 366 g/mol. The molecule has 7 nitrogen and oxygen atoms in total. The fraction of sp³-hybridized carbons (Fsp3) is 0.0526. The molecule has 0 spiro atoms. The number of benzene rings is 1. The molecule has 0 amide bonds. The highest BCUT2D eigenvalue weighted by Gasteiger charge is 2.21. The Bertz CT molecular complexity index is 1110. The van der Waals surface area contributed by atoms with Crippen LogP contribution < -0.4 is 10.3 Å². The quantitative estimate of drug-likeness (QED) is 0.730. The van der Waals surface area contributed by atoms with Crippen LogP contribution in [0.2, 0.25) is 0 Å². The first-order valence-corrected chi connectivity index (χ1v) is 8.60. The van der Waals surface area contributed by atoms with E-state index in [1.54, 1.807) is 30.3 Å². The molecule has 0 aliphatic rings. The van der Waals surface area contributed by atoms with Gasteiger partial charge in [0.15, 0.2) is 5.69 Å². The Balaban J connectivity index is 2.20. The number of aromatic nitrogens is 2. The molecule has 0 atom stereocenters. The summed E-state index contributed by atoms with van der Waals surface area (Å²) in [6, 6.07) is 11.8. The lowest BCUT2D eigenvalue weighted by Crippen LogP contribution is -2.28. The van der Waals surface area contributed by atoms with Crippen molar-refractivity contribution in [1.29, 1.82) is 5.26 Å². The lowest BCUT2D eigenvalue weighted by Gasteiger charge is -2.10. The SMILES string of the molecule is COc1ccc(-n2nc(C(=O)O)c(/C=C/c3cccs3)c(C#N)c2=O)cc1. The van der Waals surface area contributed by atoms with Gasteiger partial charge in [-0.2, -0.15) is 15.0 Å². The summed E-state index contributed by atoms with van der Waals surface area (Å²) in [5, 5.41) is 24.9. The summed E-state index contributed by atoms with van der Waals surface area (Å²) in [7, 11) is 1.50. The maximum Gasteiger partial charge on any atom is 0.357 e. The molecule has 0 radical (unpaired) electrons. The van der Waals surface area contributed by atoms with Crippen molar-refractivity contribution in [2.24, 2.45) is 0 Å². The van der Waals surface area contributed by atoms with Crippen LogP contribution in [-0.2, 0) is 0 Å². The van der Waals surface area contributed by atoms with Crippen molar-refractivity contribution in [1.82, 2.24) is 9.78 Å². The summed E-state index contributed by atoms with van der Waals surface area (Å²) >= 11 is 1.44. The van der Waals surface area contributed by atoms with Crippen molar-refractivity contribution in [3.8, 4) is 17.5 Å². The fourth-order valence-corrected chi connectivity index (χ4v) is 3.04. The minimum absolute atomic E-state index is 0.0202. The fourth-order valence-electron chi connectivity index (χ4n) is 2.42. The molecule has 2 aromatic heterocycles. The van der Waals surface area contributed by atoms with Crippen LogP contribution in [0.15, 0.2) is 46.6 Å². The van der Waals surface area contributed by atoms with E-state index in [2.05, 4.69) is 5.10 Å². The monoisotopic (exact) mass is 379 g/mol. The number of nitrogens with zero attached hydrogens (tertiary/aromatic N) is 3. The molecule has 0 fully saturated rings. The van der Waals surface area contributed by atoms with Gasteiger partial charge < -0.3 is 9.84 Å². The Kier molecular flexibility index (Phi) is 5.15. The Labute approximate surface area is 158 Å². The number of hydrogen-bond acceptors (Lipinski definition) is 6. The first kappa shape index (κ1) is 18.1. The zero-order chi connectivity index (χ0) is 19.4. The van der Waals surface area contributed by atoms with Crippen molar-refractivity contribution in [2.45, 2.75) is 0 Å². The van der Waals surface area contributed by atoms with Crippen LogP contribution in [0.1, 0.15) is 26.5 Å². The molecule has 1 N–H and O–H groups in total. The van der Waals surface area contributed by atoms with Gasteiger partial charge in [-0.15, -0.1) is 11.3 Å². The third kappa shape index (κ3) is 3.63. The van der Waals surface area contributed by atoms with Crippen molar-refractivity contribution >= 4 is 29.5 Å². The van der Waals surface area contributed by atoms with Crippen molar-refractivity contribution < 1.29 is 14.6 Å². The maximum atomic E-state index is 12.7. The van der Waals surface area contributed by atoms with E-state index in [-0.39, 0.29) is 16.8 Å². The average Bonchev–Trinajstić information content (AvgIpc) is 3.19. The number of hydrogen-bond donors (Lipinski definition) is 1. The molecule has 8 heteroatoms. The number of aromatic carboxylic acids is 1. The average molecular weight is 379 g/mol. The number of methoxy groups -OCH3 is 1. The number of nitriles is 1. The van der Waals surface area contributed by atoms with Crippen molar-refractivity contribution in [3.05, 3.63) is 73.8 Å². The van der Waals surface area contributed by atoms with Crippen LogP contribution in [0.5, 0.6) is 5.75 Å². The van der Waals surface area contributed by atoms with Gasteiger partial charge in [-0.3, -0.25) is 4.79 Å². The minimum atomic E-state index is -1.33. The van der Waals surface area contributed by atoms with Crippen LogP contribution in [0.25, 0.3) is 17.8 Å². The van der Waals surface area contributed by atoms with E-state index >= 15 is 0 Å². The van der Waals surface area contributed by atoms with E-state index in [1.807, 2.05) is 23.6 Å². The summed E-state index contributed by atoms with van der Waals surface area (Å²) in [5.41, 5.74) is -1.05. The Morgan fingerprint density at radius 1 is 1.30 bits per heavy atom. The largest absolute Gasteiger partial charge is 0.497 e. The van der Waals surface area contributed by atoms with Crippen LogP contribution in [0.3, 0.4) is 0 Å². The number of rotatable bonds is 5. The summed E-state index contributed by atoms with van der Waals surface area (Å²) in [5.74, 6) is -0.763.